The molecular weight excluding hydrogens is 198 g/mol. The van der Waals surface area contributed by atoms with Crippen molar-refractivity contribution in [2.24, 2.45) is 16.6 Å². The van der Waals surface area contributed by atoms with Gasteiger partial charge < -0.3 is 10.6 Å². The molecule has 90 valence electrons. The summed E-state index contributed by atoms with van der Waals surface area (Å²) in [4.78, 5) is 7.00. The summed E-state index contributed by atoms with van der Waals surface area (Å²) in [7, 11) is 0. The van der Waals surface area contributed by atoms with E-state index in [9.17, 15) is 0 Å². The number of guanidine groups is 1. The molecule has 1 atom stereocenters. The number of rotatable bonds is 2. The lowest BCUT2D eigenvalue weighted by Crippen LogP contribution is -2.49. The van der Waals surface area contributed by atoms with E-state index in [0.717, 1.165) is 18.4 Å². The summed E-state index contributed by atoms with van der Waals surface area (Å²) in [6.07, 6.45) is 11.1. The Kier molecular flexibility index (Phi) is 2.78. The van der Waals surface area contributed by atoms with Gasteiger partial charge in [-0.05, 0) is 31.6 Å². The molecule has 0 aromatic heterocycles. The van der Waals surface area contributed by atoms with Gasteiger partial charge in [0, 0.05) is 6.04 Å². The molecular formula is C13H23N3. The lowest BCUT2D eigenvalue weighted by Gasteiger charge is -2.35. The summed E-state index contributed by atoms with van der Waals surface area (Å²) in [6, 6.07) is 1.35. The summed E-state index contributed by atoms with van der Waals surface area (Å²) in [5.41, 5.74) is 6.09. The SMILES string of the molecule is NC1=NCC(C2CCCC2)N1C1CCCC1. The van der Waals surface area contributed by atoms with Crippen molar-refractivity contribution in [1.29, 1.82) is 0 Å². The average Bonchev–Trinajstić information content (AvgIpc) is 2.96. The van der Waals surface area contributed by atoms with Gasteiger partial charge in [0.1, 0.15) is 0 Å². The number of aliphatic imine (C=N–C) groups is 1. The maximum atomic E-state index is 6.09. The maximum absolute atomic E-state index is 6.09. The molecule has 1 unspecified atom stereocenters. The Morgan fingerprint density at radius 1 is 1.00 bits per heavy atom. The van der Waals surface area contributed by atoms with Crippen LogP contribution in [-0.4, -0.2) is 29.5 Å². The van der Waals surface area contributed by atoms with Crippen LogP contribution in [0.5, 0.6) is 0 Å². The van der Waals surface area contributed by atoms with Crippen molar-refractivity contribution >= 4 is 5.96 Å². The van der Waals surface area contributed by atoms with Crippen molar-refractivity contribution in [3.63, 3.8) is 0 Å². The minimum atomic E-state index is 0.644. The summed E-state index contributed by atoms with van der Waals surface area (Å²) in [5.74, 6) is 1.70. The third-order valence-corrected chi connectivity index (χ3v) is 4.72. The van der Waals surface area contributed by atoms with Crippen LogP contribution in [0.2, 0.25) is 0 Å². The Bertz CT molecular complexity index is 275. The highest BCUT2D eigenvalue weighted by Gasteiger charge is 2.38. The van der Waals surface area contributed by atoms with Gasteiger partial charge in [0.2, 0.25) is 0 Å². The van der Waals surface area contributed by atoms with Crippen LogP contribution in [0, 0.1) is 5.92 Å². The lowest BCUT2D eigenvalue weighted by atomic mass is 9.96. The van der Waals surface area contributed by atoms with Crippen molar-refractivity contribution in [2.75, 3.05) is 6.54 Å². The molecule has 3 aliphatic rings. The second-order valence-electron chi connectivity index (χ2n) is 5.66. The van der Waals surface area contributed by atoms with Crippen molar-refractivity contribution in [1.82, 2.24) is 4.90 Å². The van der Waals surface area contributed by atoms with Gasteiger partial charge in [0.05, 0.1) is 12.6 Å². The van der Waals surface area contributed by atoms with E-state index in [2.05, 4.69) is 9.89 Å². The zero-order valence-corrected chi connectivity index (χ0v) is 10.1. The van der Waals surface area contributed by atoms with Crippen LogP contribution < -0.4 is 5.73 Å². The molecule has 0 saturated heterocycles. The van der Waals surface area contributed by atoms with Crippen LogP contribution in [0.4, 0.5) is 0 Å². The first-order valence-corrected chi connectivity index (χ1v) is 6.94. The van der Waals surface area contributed by atoms with Gasteiger partial charge in [-0.15, -0.1) is 0 Å². The fraction of sp³-hybridized carbons (Fsp3) is 0.923. The van der Waals surface area contributed by atoms with Gasteiger partial charge in [0.25, 0.3) is 0 Å². The predicted molar refractivity (Wildman–Crippen MR) is 66.3 cm³/mol. The third-order valence-electron chi connectivity index (χ3n) is 4.72. The second-order valence-corrected chi connectivity index (χ2v) is 5.66. The molecule has 3 heteroatoms. The summed E-state index contributed by atoms with van der Waals surface area (Å²) in [5, 5.41) is 0. The molecule has 2 fully saturated rings. The first-order chi connectivity index (χ1) is 7.86. The molecule has 3 nitrogen and oxygen atoms in total. The Morgan fingerprint density at radius 2 is 1.62 bits per heavy atom. The molecule has 0 amide bonds. The maximum Gasteiger partial charge on any atom is 0.191 e. The monoisotopic (exact) mass is 221 g/mol. The van der Waals surface area contributed by atoms with Crippen molar-refractivity contribution in [3.05, 3.63) is 0 Å². The highest BCUT2D eigenvalue weighted by Crippen LogP contribution is 2.36. The molecule has 0 aromatic rings. The number of hydrogen-bond acceptors (Lipinski definition) is 3. The van der Waals surface area contributed by atoms with E-state index in [-0.39, 0.29) is 0 Å². The van der Waals surface area contributed by atoms with Gasteiger partial charge >= 0.3 is 0 Å². The van der Waals surface area contributed by atoms with E-state index in [0.29, 0.717) is 12.1 Å². The topological polar surface area (TPSA) is 41.6 Å². The van der Waals surface area contributed by atoms with Gasteiger partial charge in [-0.25, -0.2) is 0 Å². The van der Waals surface area contributed by atoms with Crippen molar-refractivity contribution in [3.8, 4) is 0 Å². The van der Waals surface area contributed by atoms with E-state index in [1.807, 2.05) is 0 Å². The minimum Gasteiger partial charge on any atom is -0.370 e. The second kappa shape index (κ2) is 4.27. The summed E-state index contributed by atoms with van der Waals surface area (Å²) < 4.78 is 0. The normalized spacial score (nSPS) is 32.6. The first kappa shape index (κ1) is 10.4. The largest absolute Gasteiger partial charge is 0.370 e. The zero-order valence-electron chi connectivity index (χ0n) is 10.1. The molecule has 2 aliphatic carbocycles. The van der Waals surface area contributed by atoms with Gasteiger partial charge in [-0.3, -0.25) is 4.99 Å². The van der Waals surface area contributed by atoms with Crippen LogP contribution in [0.1, 0.15) is 51.4 Å². The molecule has 16 heavy (non-hydrogen) atoms. The molecule has 3 rings (SSSR count). The number of nitrogens with two attached hydrogens (primary N) is 1. The minimum absolute atomic E-state index is 0.644. The smallest absolute Gasteiger partial charge is 0.191 e. The van der Waals surface area contributed by atoms with E-state index in [1.54, 1.807) is 0 Å². The van der Waals surface area contributed by atoms with E-state index >= 15 is 0 Å². The standard InChI is InChI=1S/C13H23N3/c14-13-15-9-12(10-5-1-2-6-10)16(13)11-7-3-4-8-11/h10-12H,1-9H2,(H2,14,15). The van der Waals surface area contributed by atoms with Crippen LogP contribution in [0.15, 0.2) is 4.99 Å². The zero-order chi connectivity index (χ0) is 11.0. The molecule has 0 aromatic carbocycles. The molecule has 0 radical (unpaired) electrons. The average molecular weight is 221 g/mol. The first-order valence-electron chi connectivity index (χ1n) is 6.94. The molecule has 0 spiro atoms. The Morgan fingerprint density at radius 3 is 2.31 bits per heavy atom. The van der Waals surface area contributed by atoms with Gasteiger partial charge in [-0.1, -0.05) is 25.7 Å². The van der Waals surface area contributed by atoms with Gasteiger partial charge in [0.15, 0.2) is 5.96 Å². The highest BCUT2D eigenvalue weighted by molar-refractivity contribution is 5.80. The molecule has 2 saturated carbocycles. The Balaban J connectivity index is 1.73. The Labute approximate surface area is 98.1 Å². The summed E-state index contributed by atoms with van der Waals surface area (Å²) in [6.45, 7) is 0.965. The van der Waals surface area contributed by atoms with Crippen molar-refractivity contribution < 1.29 is 0 Å². The van der Waals surface area contributed by atoms with Crippen LogP contribution in [0.3, 0.4) is 0 Å². The van der Waals surface area contributed by atoms with Crippen LogP contribution in [-0.2, 0) is 0 Å². The molecule has 0 bridgehead atoms. The highest BCUT2D eigenvalue weighted by atomic mass is 15.3. The summed E-state index contributed by atoms with van der Waals surface area (Å²) >= 11 is 0. The fourth-order valence-electron chi connectivity index (χ4n) is 3.89. The van der Waals surface area contributed by atoms with Crippen LogP contribution in [0.25, 0.3) is 0 Å². The quantitative estimate of drug-likeness (QED) is 0.776. The van der Waals surface area contributed by atoms with Crippen LogP contribution >= 0.6 is 0 Å². The van der Waals surface area contributed by atoms with E-state index in [1.165, 1.54) is 51.4 Å². The molecule has 1 aliphatic heterocycles. The number of nitrogens with zero attached hydrogens (tertiary/aromatic N) is 2. The fourth-order valence-corrected chi connectivity index (χ4v) is 3.89. The molecule has 1 heterocycles. The lowest BCUT2D eigenvalue weighted by molar-refractivity contribution is 0.198. The van der Waals surface area contributed by atoms with Gasteiger partial charge in [-0.2, -0.15) is 0 Å². The predicted octanol–water partition coefficient (Wildman–Crippen LogP) is 2.12. The molecule has 2 N–H and O–H groups in total. The van der Waals surface area contributed by atoms with Crippen molar-refractivity contribution in [2.45, 2.75) is 63.5 Å². The Hall–Kier alpha value is -0.730. The van der Waals surface area contributed by atoms with E-state index < -0.39 is 0 Å². The van der Waals surface area contributed by atoms with E-state index in [4.69, 9.17) is 5.73 Å². The number of hydrogen-bond donors (Lipinski definition) is 1. The third kappa shape index (κ3) is 1.70.